The van der Waals surface area contributed by atoms with Gasteiger partial charge in [0, 0.05) is 56.5 Å². The molecule has 0 unspecified atom stereocenters. The Morgan fingerprint density at radius 2 is 1.86 bits per heavy atom. The van der Waals surface area contributed by atoms with Gasteiger partial charge < -0.3 is 18.9 Å². The summed E-state index contributed by atoms with van der Waals surface area (Å²) in [6, 6.07) is 8.89. The van der Waals surface area contributed by atoms with Gasteiger partial charge in [-0.3, -0.25) is 9.69 Å². The maximum atomic E-state index is 13.0. The number of benzene rings is 1. The van der Waals surface area contributed by atoms with Crippen molar-refractivity contribution in [2.24, 2.45) is 0 Å². The Kier molecular flexibility index (Phi) is 4.06. The first kappa shape index (κ1) is 17.4. The summed E-state index contributed by atoms with van der Waals surface area (Å²) in [5, 5.41) is 1.20. The molecule has 2 aromatic heterocycles. The molecule has 4 heterocycles. The number of carbonyl (C=O) groups excluding carboxylic acids is 1. The molecule has 1 aromatic carbocycles. The van der Waals surface area contributed by atoms with Crippen LogP contribution in [0.25, 0.3) is 10.1 Å². The fraction of sp³-hybridized carbons (Fsp3) is 0.409. The van der Waals surface area contributed by atoms with E-state index in [1.807, 2.05) is 11.0 Å². The highest BCUT2D eigenvalue weighted by molar-refractivity contribution is 7.20. The molecule has 7 heteroatoms. The van der Waals surface area contributed by atoms with Gasteiger partial charge in [0.1, 0.15) is 0 Å². The third-order valence-electron chi connectivity index (χ3n) is 6.03. The third kappa shape index (κ3) is 3.28. The molecular weight excluding hydrogens is 386 g/mol. The molecule has 0 spiro atoms. The Morgan fingerprint density at radius 3 is 2.66 bits per heavy atom. The molecule has 29 heavy (non-hydrogen) atoms. The predicted molar refractivity (Wildman–Crippen MR) is 112 cm³/mol. The van der Waals surface area contributed by atoms with Crippen LogP contribution in [-0.2, 0) is 6.54 Å². The van der Waals surface area contributed by atoms with E-state index >= 15 is 0 Å². The van der Waals surface area contributed by atoms with Crippen molar-refractivity contribution in [3.63, 3.8) is 0 Å². The lowest BCUT2D eigenvalue weighted by molar-refractivity contribution is 0.0633. The largest absolute Gasteiger partial charge is 0.454 e. The van der Waals surface area contributed by atoms with Crippen LogP contribution in [0.2, 0.25) is 0 Å². The molecule has 150 valence electrons. The third-order valence-corrected chi connectivity index (χ3v) is 7.10. The topological polar surface area (TPSA) is 46.9 Å². The van der Waals surface area contributed by atoms with Crippen molar-refractivity contribution < 1.29 is 14.3 Å². The Hall–Kier alpha value is -2.51. The van der Waals surface area contributed by atoms with Gasteiger partial charge in [0.2, 0.25) is 6.79 Å². The zero-order valence-electron chi connectivity index (χ0n) is 16.2. The van der Waals surface area contributed by atoms with Crippen molar-refractivity contribution in [1.82, 2.24) is 14.4 Å². The summed E-state index contributed by atoms with van der Waals surface area (Å²) in [6.45, 7) is 4.49. The number of amides is 1. The number of thiophene rings is 1. The smallest absolute Gasteiger partial charge is 0.264 e. The molecule has 2 aliphatic heterocycles. The van der Waals surface area contributed by atoms with Crippen molar-refractivity contribution in [3.05, 3.63) is 47.1 Å². The first-order valence-corrected chi connectivity index (χ1v) is 11.1. The van der Waals surface area contributed by atoms with Crippen LogP contribution in [0.15, 0.2) is 36.7 Å². The SMILES string of the molecule is O=C(c1cc2cn(C3CC3)cc2s1)N1CCN(Cc2ccc3c(c2)OCO3)CC1. The van der Waals surface area contributed by atoms with Crippen LogP contribution >= 0.6 is 11.3 Å². The standard InChI is InChI=1S/C22H23N3O3S/c26-22(20-10-16-12-25(17-2-3-17)13-21(16)29-20)24-7-5-23(6-8-24)11-15-1-4-18-19(9-15)28-14-27-18/h1,4,9-10,12-13,17H,2-3,5-8,11,14H2. The minimum atomic E-state index is 0.173. The van der Waals surface area contributed by atoms with E-state index in [-0.39, 0.29) is 5.91 Å². The van der Waals surface area contributed by atoms with Gasteiger partial charge in [0.05, 0.1) is 9.58 Å². The second-order valence-electron chi connectivity index (χ2n) is 8.12. The van der Waals surface area contributed by atoms with Gasteiger partial charge in [0.15, 0.2) is 11.5 Å². The molecule has 3 aromatic rings. The van der Waals surface area contributed by atoms with Gasteiger partial charge in [-0.2, -0.15) is 0 Å². The number of rotatable bonds is 4. The van der Waals surface area contributed by atoms with Crippen molar-refractivity contribution in [2.75, 3.05) is 33.0 Å². The molecule has 2 fully saturated rings. The first-order chi connectivity index (χ1) is 14.2. The Balaban J connectivity index is 1.08. The van der Waals surface area contributed by atoms with Crippen LogP contribution in [-0.4, -0.2) is 53.2 Å². The molecule has 1 saturated heterocycles. The maximum absolute atomic E-state index is 13.0. The monoisotopic (exact) mass is 409 g/mol. The van der Waals surface area contributed by atoms with Gasteiger partial charge in [-0.25, -0.2) is 0 Å². The summed E-state index contributed by atoms with van der Waals surface area (Å²) in [5.41, 5.74) is 1.22. The summed E-state index contributed by atoms with van der Waals surface area (Å²) in [4.78, 5) is 18.2. The molecule has 0 atom stereocenters. The number of carbonyl (C=O) groups is 1. The Labute approximate surface area is 173 Å². The summed E-state index contributed by atoms with van der Waals surface area (Å²) >= 11 is 1.63. The van der Waals surface area contributed by atoms with Crippen LogP contribution in [0.5, 0.6) is 11.5 Å². The molecule has 1 saturated carbocycles. The van der Waals surface area contributed by atoms with Crippen molar-refractivity contribution >= 4 is 27.3 Å². The van der Waals surface area contributed by atoms with Gasteiger partial charge in [-0.15, -0.1) is 11.3 Å². The highest BCUT2D eigenvalue weighted by Gasteiger charge is 2.26. The number of nitrogens with zero attached hydrogens (tertiary/aromatic N) is 3. The molecule has 1 aliphatic carbocycles. The minimum absolute atomic E-state index is 0.173. The van der Waals surface area contributed by atoms with E-state index in [0.717, 1.165) is 49.1 Å². The molecule has 3 aliphatic rings. The summed E-state index contributed by atoms with van der Waals surface area (Å²) in [6.07, 6.45) is 6.97. The number of piperazine rings is 1. The van der Waals surface area contributed by atoms with Gasteiger partial charge in [-0.05, 0) is 36.6 Å². The Morgan fingerprint density at radius 1 is 1.03 bits per heavy atom. The lowest BCUT2D eigenvalue weighted by Gasteiger charge is -2.34. The zero-order chi connectivity index (χ0) is 19.4. The lowest BCUT2D eigenvalue weighted by atomic mass is 10.1. The van der Waals surface area contributed by atoms with Gasteiger partial charge in [-0.1, -0.05) is 6.07 Å². The van der Waals surface area contributed by atoms with Crippen LogP contribution in [0, 0.1) is 0 Å². The zero-order valence-corrected chi connectivity index (χ0v) is 17.0. The van der Waals surface area contributed by atoms with E-state index in [2.05, 4.69) is 40.1 Å². The average molecular weight is 410 g/mol. The highest BCUT2D eigenvalue weighted by atomic mass is 32.1. The summed E-state index contributed by atoms with van der Waals surface area (Å²) < 4.78 is 14.4. The van der Waals surface area contributed by atoms with E-state index in [1.165, 1.54) is 28.5 Å². The van der Waals surface area contributed by atoms with Crippen LogP contribution in [0.4, 0.5) is 0 Å². The fourth-order valence-electron chi connectivity index (χ4n) is 4.21. The van der Waals surface area contributed by atoms with Crippen molar-refractivity contribution in [2.45, 2.75) is 25.4 Å². The Bertz CT molecular complexity index is 1040. The van der Waals surface area contributed by atoms with E-state index < -0.39 is 0 Å². The first-order valence-electron chi connectivity index (χ1n) is 10.2. The number of hydrogen-bond acceptors (Lipinski definition) is 5. The van der Waals surface area contributed by atoms with E-state index in [0.29, 0.717) is 12.8 Å². The minimum Gasteiger partial charge on any atom is -0.454 e. The van der Waals surface area contributed by atoms with Crippen LogP contribution in [0.3, 0.4) is 0 Å². The van der Waals surface area contributed by atoms with Crippen molar-refractivity contribution in [1.29, 1.82) is 0 Å². The summed E-state index contributed by atoms with van der Waals surface area (Å²) in [5.74, 6) is 1.82. The molecular formula is C22H23N3O3S. The molecule has 0 bridgehead atoms. The van der Waals surface area contributed by atoms with E-state index in [4.69, 9.17) is 9.47 Å². The molecule has 6 nitrogen and oxygen atoms in total. The second-order valence-corrected chi connectivity index (χ2v) is 9.21. The average Bonchev–Trinajstić information content (AvgIpc) is 3.16. The molecule has 0 radical (unpaired) electrons. The number of hydrogen-bond donors (Lipinski definition) is 0. The van der Waals surface area contributed by atoms with Crippen LogP contribution < -0.4 is 9.47 Å². The van der Waals surface area contributed by atoms with Crippen molar-refractivity contribution in [3.8, 4) is 11.5 Å². The van der Waals surface area contributed by atoms with Gasteiger partial charge in [0.25, 0.3) is 5.91 Å². The normalized spacial score (nSPS) is 19.2. The number of aromatic nitrogens is 1. The predicted octanol–water partition coefficient (Wildman–Crippen LogP) is 3.72. The van der Waals surface area contributed by atoms with E-state index in [1.54, 1.807) is 11.3 Å². The van der Waals surface area contributed by atoms with E-state index in [9.17, 15) is 4.79 Å². The fourth-order valence-corrected chi connectivity index (χ4v) is 5.25. The molecule has 6 rings (SSSR count). The quantitative estimate of drug-likeness (QED) is 0.659. The second kappa shape index (κ2) is 6.78. The number of ether oxygens (including phenoxy) is 2. The van der Waals surface area contributed by atoms with Crippen LogP contribution in [0.1, 0.15) is 34.1 Å². The highest BCUT2D eigenvalue weighted by Crippen LogP contribution is 2.38. The van der Waals surface area contributed by atoms with Gasteiger partial charge >= 0.3 is 0 Å². The lowest BCUT2D eigenvalue weighted by Crippen LogP contribution is -2.48. The summed E-state index contributed by atoms with van der Waals surface area (Å²) in [7, 11) is 0. The molecule has 1 amide bonds. The molecule has 0 N–H and O–H groups in total. The maximum Gasteiger partial charge on any atom is 0.264 e. The number of fused-ring (bicyclic) bond motifs is 2.